The topological polar surface area (TPSA) is 54.4 Å². The van der Waals surface area contributed by atoms with Gasteiger partial charge >= 0.3 is 0 Å². The zero-order valence-electron chi connectivity index (χ0n) is 11.2. The third-order valence-corrected chi connectivity index (χ3v) is 3.22. The van der Waals surface area contributed by atoms with Crippen molar-refractivity contribution in [3.63, 3.8) is 0 Å². The largest absolute Gasteiger partial charge is 0.454 e. The summed E-state index contributed by atoms with van der Waals surface area (Å²) in [5, 5.41) is 12.0. The van der Waals surface area contributed by atoms with Crippen molar-refractivity contribution in [2.24, 2.45) is 0 Å². The first-order valence-corrected chi connectivity index (χ1v) is 7.17. The number of ether oxygens (including phenoxy) is 1. The van der Waals surface area contributed by atoms with Crippen molar-refractivity contribution in [1.82, 2.24) is 4.98 Å². The second-order valence-electron chi connectivity index (χ2n) is 4.37. The summed E-state index contributed by atoms with van der Waals surface area (Å²) in [6, 6.07) is 4.68. The fraction of sp³-hybridized carbons (Fsp3) is 0.214. The molecule has 0 aliphatic rings. The minimum atomic E-state index is -0.862. The Morgan fingerprint density at radius 2 is 2.05 bits per heavy atom. The number of anilines is 1. The zero-order chi connectivity index (χ0) is 16.1. The molecular formula is C14H12Cl2F2N2O2. The molecule has 0 fully saturated rings. The van der Waals surface area contributed by atoms with E-state index in [0.29, 0.717) is 0 Å². The Kier molecular flexibility index (Phi) is 5.76. The molecule has 0 saturated carbocycles. The smallest absolute Gasteiger partial charge is 0.167 e. The minimum absolute atomic E-state index is 0.0000262. The molecular weight excluding hydrogens is 337 g/mol. The van der Waals surface area contributed by atoms with E-state index >= 15 is 0 Å². The van der Waals surface area contributed by atoms with Crippen molar-refractivity contribution in [1.29, 1.82) is 0 Å². The number of pyridine rings is 1. The zero-order valence-corrected chi connectivity index (χ0v) is 12.7. The van der Waals surface area contributed by atoms with Gasteiger partial charge in [-0.15, -0.1) is 11.6 Å². The van der Waals surface area contributed by atoms with E-state index in [0.717, 1.165) is 12.1 Å². The summed E-state index contributed by atoms with van der Waals surface area (Å²) >= 11 is 11.1. The van der Waals surface area contributed by atoms with Gasteiger partial charge in [-0.05, 0) is 6.07 Å². The Morgan fingerprint density at radius 3 is 2.73 bits per heavy atom. The molecule has 4 nitrogen and oxygen atoms in total. The van der Waals surface area contributed by atoms with Gasteiger partial charge in [0.05, 0.1) is 17.7 Å². The third kappa shape index (κ3) is 4.43. The monoisotopic (exact) mass is 348 g/mol. The predicted molar refractivity (Wildman–Crippen MR) is 80.9 cm³/mol. The molecule has 0 amide bonds. The molecule has 118 valence electrons. The number of hydrogen-bond donors (Lipinski definition) is 2. The van der Waals surface area contributed by atoms with Crippen LogP contribution in [-0.2, 0) is 0 Å². The van der Waals surface area contributed by atoms with Gasteiger partial charge in [-0.3, -0.25) is 0 Å². The van der Waals surface area contributed by atoms with E-state index in [2.05, 4.69) is 10.3 Å². The summed E-state index contributed by atoms with van der Waals surface area (Å²) in [5.74, 6) is -1.56. The number of nitrogens with zero attached hydrogens (tertiary/aromatic N) is 1. The minimum Gasteiger partial charge on any atom is -0.454 e. The lowest BCUT2D eigenvalue weighted by molar-refractivity contribution is 0.211. The molecule has 0 spiro atoms. The molecule has 1 unspecified atom stereocenters. The lowest BCUT2D eigenvalue weighted by Crippen LogP contribution is -2.21. The number of aliphatic hydroxyl groups excluding tert-OH is 1. The summed E-state index contributed by atoms with van der Waals surface area (Å²) in [7, 11) is 0. The first kappa shape index (κ1) is 16.7. The Morgan fingerprint density at radius 1 is 1.27 bits per heavy atom. The van der Waals surface area contributed by atoms with E-state index in [1.807, 2.05) is 0 Å². The Balaban J connectivity index is 2.15. The van der Waals surface area contributed by atoms with Crippen LogP contribution in [0.2, 0.25) is 5.15 Å². The number of benzene rings is 1. The lowest BCUT2D eigenvalue weighted by Gasteiger charge is -2.13. The van der Waals surface area contributed by atoms with Gasteiger partial charge in [0.1, 0.15) is 16.7 Å². The Hall–Kier alpha value is -1.63. The molecule has 0 aliphatic heterocycles. The van der Waals surface area contributed by atoms with Crippen molar-refractivity contribution < 1.29 is 18.6 Å². The van der Waals surface area contributed by atoms with E-state index in [9.17, 15) is 13.9 Å². The molecule has 0 saturated heterocycles. The van der Waals surface area contributed by atoms with Gasteiger partial charge in [-0.1, -0.05) is 11.6 Å². The molecule has 2 rings (SSSR count). The third-order valence-electron chi connectivity index (χ3n) is 2.65. The van der Waals surface area contributed by atoms with Crippen LogP contribution in [0, 0.1) is 11.6 Å². The molecule has 1 atom stereocenters. The number of hydrogen-bond acceptors (Lipinski definition) is 4. The highest BCUT2D eigenvalue weighted by molar-refractivity contribution is 6.29. The maximum Gasteiger partial charge on any atom is 0.167 e. The maximum absolute atomic E-state index is 14.0. The first-order chi connectivity index (χ1) is 10.5. The molecule has 22 heavy (non-hydrogen) atoms. The summed E-state index contributed by atoms with van der Waals surface area (Å²) in [6.07, 6.45) is 0.522. The second-order valence-corrected chi connectivity index (χ2v) is 5.06. The number of aromatic nitrogens is 1. The SMILES string of the molecule is OC(CCl)CNc1cc(F)c(Oc2ccnc(Cl)c2)cc1F. The van der Waals surface area contributed by atoms with E-state index in [4.69, 9.17) is 27.9 Å². The highest BCUT2D eigenvalue weighted by Crippen LogP contribution is 2.29. The van der Waals surface area contributed by atoms with Crippen LogP contribution in [0.25, 0.3) is 0 Å². The molecule has 2 aromatic rings. The van der Waals surface area contributed by atoms with E-state index in [1.54, 1.807) is 0 Å². The first-order valence-electron chi connectivity index (χ1n) is 6.26. The normalized spacial score (nSPS) is 12.0. The van der Waals surface area contributed by atoms with Crippen LogP contribution >= 0.6 is 23.2 Å². The number of nitrogens with one attached hydrogen (secondary N) is 1. The van der Waals surface area contributed by atoms with Gasteiger partial charge in [0.2, 0.25) is 0 Å². The second kappa shape index (κ2) is 7.58. The molecule has 0 aliphatic carbocycles. The number of rotatable bonds is 6. The van der Waals surface area contributed by atoms with Crippen molar-refractivity contribution in [3.05, 3.63) is 47.2 Å². The number of aliphatic hydroxyl groups is 1. The lowest BCUT2D eigenvalue weighted by atomic mass is 10.2. The van der Waals surface area contributed by atoms with Crippen LogP contribution in [0.4, 0.5) is 14.5 Å². The van der Waals surface area contributed by atoms with E-state index < -0.39 is 17.7 Å². The van der Waals surface area contributed by atoms with Gasteiger partial charge in [0.25, 0.3) is 0 Å². The van der Waals surface area contributed by atoms with Crippen LogP contribution in [0.15, 0.2) is 30.5 Å². The van der Waals surface area contributed by atoms with Gasteiger partial charge in [-0.25, -0.2) is 13.8 Å². The Bertz CT molecular complexity index is 659. The highest BCUT2D eigenvalue weighted by atomic mass is 35.5. The van der Waals surface area contributed by atoms with Crippen molar-refractivity contribution in [2.75, 3.05) is 17.7 Å². The van der Waals surface area contributed by atoms with Crippen LogP contribution in [-0.4, -0.2) is 28.6 Å². The van der Waals surface area contributed by atoms with Crippen LogP contribution in [0.3, 0.4) is 0 Å². The molecule has 1 heterocycles. The Labute approximate surface area is 135 Å². The van der Waals surface area contributed by atoms with E-state index in [1.165, 1.54) is 18.3 Å². The highest BCUT2D eigenvalue weighted by Gasteiger charge is 2.13. The van der Waals surface area contributed by atoms with Gasteiger partial charge < -0.3 is 15.2 Å². The van der Waals surface area contributed by atoms with Crippen molar-refractivity contribution >= 4 is 28.9 Å². The van der Waals surface area contributed by atoms with Crippen molar-refractivity contribution in [2.45, 2.75) is 6.10 Å². The predicted octanol–water partition coefficient (Wildman–Crippen LogP) is 3.82. The van der Waals surface area contributed by atoms with Crippen LogP contribution in [0.1, 0.15) is 0 Å². The van der Waals surface area contributed by atoms with Gasteiger partial charge in [0.15, 0.2) is 11.6 Å². The van der Waals surface area contributed by atoms with Gasteiger partial charge in [0, 0.05) is 30.9 Å². The summed E-state index contributed by atoms with van der Waals surface area (Å²) in [6.45, 7) is 0.0000262. The molecule has 1 aromatic heterocycles. The number of alkyl halides is 1. The molecule has 8 heteroatoms. The average molecular weight is 349 g/mol. The van der Waals surface area contributed by atoms with Crippen molar-refractivity contribution in [3.8, 4) is 11.5 Å². The summed E-state index contributed by atoms with van der Waals surface area (Å²) in [5.41, 5.74) is -0.0956. The quantitative estimate of drug-likeness (QED) is 0.615. The molecule has 0 radical (unpaired) electrons. The fourth-order valence-electron chi connectivity index (χ4n) is 1.60. The van der Waals surface area contributed by atoms with Crippen LogP contribution < -0.4 is 10.1 Å². The average Bonchev–Trinajstić information content (AvgIpc) is 2.49. The summed E-state index contributed by atoms with van der Waals surface area (Å²) < 4.78 is 33.1. The molecule has 2 N–H and O–H groups in total. The van der Waals surface area contributed by atoms with E-state index in [-0.39, 0.29) is 34.8 Å². The maximum atomic E-state index is 14.0. The fourth-order valence-corrected chi connectivity index (χ4v) is 1.87. The molecule has 1 aromatic carbocycles. The number of halogens is 4. The standard InChI is InChI=1S/C14H12Cl2F2N2O2/c15-6-8(21)7-20-12-4-11(18)13(5-10(12)17)22-9-1-2-19-14(16)3-9/h1-5,8,20-21H,6-7H2. The van der Waals surface area contributed by atoms with Gasteiger partial charge in [-0.2, -0.15) is 0 Å². The van der Waals surface area contributed by atoms with Crippen LogP contribution in [0.5, 0.6) is 11.5 Å². The summed E-state index contributed by atoms with van der Waals surface area (Å²) in [4.78, 5) is 3.76. The molecule has 0 bridgehead atoms.